The second-order valence-electron chi connectivity index (χ2n) is 4.15. The molecule has 0 fully saturated rings. The standard InChI is InChI=1S/C16H15NO2/c1-13(18)19-17-16(15-10-6-3-7-11-15)12-14-8-4-2-5-9-14/h2-11H,12H2,1H3. The van der Waals surface area contributed by atoms with E-state index >= 15 is 0 Å². The zero-order valence-electron chi connectivity index (χ0n) is 10.7. The van der Waals surface area contributed by atoms with E-state index in [4.69, 9.17) is 4.84 Å². The fourth-order valence-corrected chi connectivity index (χ4v) is 1.73. The second-order valence-corrected chi connectivity index (χ2v) is 4.15. The summed E-state index contributed by atoms with van der Waals surface area (Å²) in [5, 5.41) is 3.96. The summed E-state index contributed by atoms with van der Waals surface area (Å²) in [6.07, 6.45) is 0.623. The van der Waals surface area contributed by atoms with Gasteiger partial charge in [0.25, 0.3) is 0 Å². The molecule has 0 radical (unpaired) electrons. The van der Waals surface area contributed by atoms with Crippen molar-refractivity contribution in [3.05, 3.63) is 71.8 Å². The largest absolute Gasteiger partial charge is 0.331 e. The molecule has 2 aromatic rings. The van der Waals surface area contributed by atoms with Crippen LogP contribution in [0.15, 0.2) is 65.8 Å². The average Bonchev–Trinajstić information content (AvgIpc) is 2.45. The summed E-state index contributed by atoms with van der Waals surface area (Å²) < 4.78 is 0. The molecule has 0 N–H and O–H groups in total. The van der Waals surface area contributed by atoms with Gasteiger partial charge in [-0.1, -0.05) is 65.8 Å². The van der Waals surface area contributed by atoms with Crippen molar-refractivity contribution in [1.82, 2.24) is 0 Å². The van der Waals surface area contributed by atoms with Crippen molar-refractivity contribution in [3.8, 4) is 0 Å². The van der Waals surface area contributed by atoms with E-state index in [2.05, 4.69) is 5.16 Å². The third-order valence-corrected chi connectivity index (χ3v) is 2.61. The van der Waals surface area contributed by atoms with E-state index in [-0.39, 0.29) is 0 Å². The number of nitrogens with zero attached hydrogens (tertiary/aromatic N) is 1. The van der Waals surface area contributed by atoms with Crippen molar-refractivity contribution in [2.24, 2.45) is 5.16 Å². The molecular formula is C16H15NO2. The Morgan fingerprint density at radius 2 is 1.58 bits per heavy atom. The summed E-state index contributed by atoms with van der Waals surface area (Å²) in [6, 6.07) is 19.7. The quantitative estimate of drug-likeness (QED) is 0.477. The number of rotatable bonds is 4. The number of oxime groups is 1. The molecule has 0 aliphatic rings. The molecule has 0 atom stereocenters. The van der Waals surface area contributed by atoms with E-state index in [1.165, 1.54) is 6.92 Å². The molecule has 96 valence electrons. The highest BCUT2D eigenvalue weighted by Crippen LogP contribution is 2.09. The molecule has 2 rings (SSSR count). The predicted molar refractivity (Wildman–Crippen MR) is 74.9 cm³/mol. The molecule has 0 amide bonds. The first kappa shape index (κ1) is 13.0. The summed E-state index contributed by atoms with van der Waals surface area (Å²) in [5.41, 5.74) is 2.81. The number of carbonyl (C=O) groups is 1. The Balaban J connectivity index is 2.25. The summed E-state index contributed by atoms with van der Waals surface area (Å²) in [4.78, 5) is 15.7. The van der Waals surface area contributed by atoms with Crippen molar-refractivity contribution in [1.29, 1.82) is 0 Å². The first-order valence-electron chi connectivity index (χ1n) is 6.09. The Kier molecular flexibility index (Phi) is 4.45. The van der Waals surface area contributed by atoms with Crippen molar-refractivity contribution in [2.75, 3.05) is 0 Å². The molecule has 0 aromatic heterocycles. The molecular weight excluding hydrogens is 238 g/mol. The molecule has 3 nitrogen and oxygen atoms in total. The smallest absolute Gasteiger partial charge is 0.318 e. The van der Waals surface area contributed by atoms with Gasteiger partial charge in [0.05, 0.1) is 5.71 Å². The van der Waals surface area contributed by atoms with Crippen LogP contribution in [0.2, 0.25) is 0 Å². The van der Waals surface area contributed by atoms with Crippen LogP contribution in [0.25, 0.3) is 0 Å². The molecule has 0 aliphatic heterocycles. The summed E-state index contributed by atoms with van der Waals surface area (Å²) in [7, 11) is 0. The molecule has 0 bridgehead atoms. The predicted octanol–water partition coefficient (Wildman–Crippen LogP) is 3.20. The van der Waals surface area contributed by atoms with Crippen molar-refractivity contribution < 1.29 is 9.63 Å². The Labute approximate surface area is 112 Å². The van der Waals surface area contributed by atoms with Crippen LogP contribution in [0.1, 0.15) is 18.1 Å². The van der Waals surface area contributed by atoms with Gasteiger partial charge in [-0.05, 0) is 11.1 Å². The lowest BCUT2D eigenvalue weighted by atomic mass is 10.0. The zero-order chi connectivity index (χ0) is 13.5. The first-order valence-corrected chi connectivity index (χ1v) is 6.09. The van der Waals surface area contributed by atoms with Gasteiger partial charge in [-0.3, -0.25) is 0 Å². The topological polar surface area (TPSA) is 38.7 Å². The third kappa shape index (κ3) is 4.07. The number of hydrogen-bond acceptors (Lipinski definition) is 3. The Hall–Kier alpha value is -2.42. The van der Waals surface area contributed by atoms with E-state index < -0.39 is 5.97 Å². The van der Waals surface area contributed by atoms with Crippen LogP contribution in [-0.4, -0.2) is 11.7 Å². The van der Waals surface area contributed by atoms with Gasteiger partial charge in [-0.15, -0.1) is 0 Å². The number of hydrogen-bond donors (Lipinski definition) is 0. The third-order valence-electron chi connectivity index (χ3n) is 2.61. The minimum Gasteiger partial charge on any atom is -0.318 e. The maximum absolute atomic E-state index is 10.9. The van der Waals surface area contributed by atoms with Gasteiger partial charge >= 0.3 is 5.97 Å². The fourth-order valence-electron chi connectivity index (χ4n) is 1.73. The maximum Gasteiger partial charge on any atom is 0.331 e. The van der Waals surface area contributed by atoms with E-state index in [0.29, 0.717) is 6.42 Å². The SMILES string of the molecule is CC(=O)ON=C(Cc1ccccc1)c1ccccc1. The molecule has 2 aromatic carbocycles. The normalized spacial score (nSPS) is 11.1. The van der Waals surface area contributed by atoms with E-state index in [9.17, 15) is 4.79 Å². The number of benzene rings is 2. The van der Waals surface area contributed by atoms with Crippen molar-refractivity contribution >= 4 is 11.7 Å². The van der Waals surface area contributed by atoms with Gasteiger partial charge < -0.3 is 4.84 Å². The lowest BCUT2D eigenvalue weighted by molar-refractivity contribution is -0.140. The average molecular weight is 253 g/mol. The van der Waals surface area contributed by atoms with Crippen LogP contribution in [0, 0.1) is 0 Å². The van der Waals surface area contributed by atoms with E-state index in [1.54, 1.807) is 0 Å². The monoisotopic (exact) mass is 253 g/mol. The lowest BCUT2D eigenvalue weighted by Crippen LogP contribution is -2.07. The summed E-state index contributed by atoms with van der Waals surface area (Å²) in [6.45, 7) is 1.34. The minimum atomic E-state index is -0.415. The maximum atomic E-state index is 10.9. The number of carbonyl (C=O) groups excluding carboxylic acids is 1. The highest BCUT2D eigenvalue weighted by Gasteiger charge is 2.06. The van der Waals surface area contributed by atoms with E-state index in [1.807, 2.05) is 60.7 Å². The minimum absolute atomic E-state index is 0.415. The van der Waals surface area contributed by atoms with Crippen molar-refractivity contribution in [3.63, 3.8) is 0 Å². The van der Waals surface area contributed by atoms with Crippen LogP contribution in [0.5, 0.6) is 0 Å². The fraction of sp³-hybridized carbons (Fsp3) is 0.125. The molecule has 3 heteroatoms. The molecule has 0 spiro atoms. The molecule has 0 aliphatic carbocycles. The highest BCUT2D eigenvalue weighted by molar-refractivity contribution is 6.01. The Bertz CT molecular complexity index is 562. The van der Waals surface area contributed by atoms with Crippen LogP contribution >= 0.6 is 0 Å². The van der Waals surface area contributed by atoms with Gasteiger partial charge in [0.2, 0.25) is 0 Å². The molecule has 0 unspecified atom stereocenters. The van der Waals surface area contributed by atoms with Crippen LogP contribution in [-0.2, 0) is 16.1 Å². The Morgan fingerprint density at radius 3 is 2.16 bits per heavy atom. The molecule has 0 heterocycles. The zero-order valence-corrected chi connectivity index (χ0v) is 10.7. The van der Waals surface area contributed by atoms with Gasteiger partial charge in [0.15, 0.2) is 0 Å². The summed E-state index contributed by atoms with van der Waals surface area (Å²) >= 11 is 0. The molecule has 0 saturated carbocycles. The van der Waals surface area contributed by atoms with Gasteiger partial charge in [0, 0.05) is 13.3 Å². The first-order chi connectivity index (χ1) is 9.25. The van der Waals surface area contributed by atoms with Gasteiger partial charge in [0.1, 0.15) is 0 Å². The lowest BCUT2D eigenvalue weighted by Gasteiger charge is -2.06. The molecule has 19 heavy (non-hydrogen) atoms. The molecule has 0 saturated heterocycles. The van der Waals surface area contributed by atoms with Crippen LogP contribution < -0.4 is 0 Å². The Morgan fingerprint density at radius 1 is 1.00 bits per heavy atom. The van der Waals surface area contributed by atoms with Gasteiger partial charge in [-0.2, -0.15) is 0 Å². The van der Waals surface area contributed by atoms with Crippen molar-refractivity contribution in [2.45, 2.75) is 13.3 Å². The second kappa shape index (κ2) is 6.50. The van der Waals surface area contributed by atoms with Gasteiger partial charge in [-0.25, -0.2) is 4.79 Å². The van der Waals surface area contributed by atoms with Crippen LogP contribution in [0.3, 0.4) is 0 Å². The highest BCUT2D eigenvalue weighted by atomic mass is 16.7. The van der Waals surface area contributed by atoms with Crippen LogP contribution in [0.4, 0.5) is 0 Å². The van der Waals surface area contributed by atoms with E-state index in [0.717, 1.165) is 16.8 Å². The summed E-state index contributed by atoms with van der Waals surface area (Å²) in [5.74, 6) is -0.415.